The summed E-state index contributed by atoms with van der Waals surface area (Å²) in [5.74, 6) is 1.00. The molecule has 0 fully saturated rings. The second-order valence-corrected chi connectivity index (χ2v) is 7.01. The Balaban J connectivity index is 1.67. The van der Waals surface area contributed by atoms with Gasteiger partial charge in [0.1, 0.15) is 11.5 Å². The first-order valence-electron chi connectivity index (χ1n) is 7.59. The number of hydrogen-bond donors (Lipinski definition) is 2. The number of nitro groups is 1. The van der Waals surface area contributed by atoms with Crippen LogP contribution in [0.4, 0.5) is 11.4 Å². The van der Waals surface area contributed by atoms with Gasteiger partial charge in [0.05, 0.1) is 21.7 Å². The smallest absolute Gasteiger partial charge is 0.269 e. The van der Waals surface area contributed by atoms with Crippen LogP contribution in [0.25, 0.3) is 11.3 Å². The van der Waals surface area contributed by atoms with E-state index in [0.717, 1.165) is 0 Å². The van der Waals surface area contributed by atoms with Crippen LogP contribution < -0.4 is 10.6 Å². The number of hydrogen-bond acceptors (Lipinski definition) is 7. The highest BCUT2D eigenvalue weighted by Crippen LogP contribution is 2.23. The zero-order valence-electron chi connectivity index (χ0n) is 13.8. The van der Waals surface area contributed by atoms with E-state index in [1.54, 1.807) is 24.3 Å². The molecule has 3 aromatic rings. The van der Waals surface area contributed by atoms with E-state index in [1.165, 1.54) is 42.6 Å². The minimum Gasteiger partial charge on any atom is -0.455 e. The Morgan fingerprint density at radius 2 is 1.70 bits per heavy atom. The molecule has 10 heteroatoms. The molecule has 1 aromatic heterocycles. The lowest BCUT2D eigenvalue weighted by Gasteiger charge is -2.00. The van der Waals surface area contributed by atoms with Gasteiger partial charge in [0.15, 0.2) is 0 Å². The van der Waals surface area contributed by atoms with Gasteiger partial charge in [0, 0.05) is 17.7 Å². The second-order valence-electron chi connectivity index (χ2n) is 5.45. The monoisotopic (exact) mass is 386 g/mol. The number of nitrogens with one attached hydrogen (secondary N) is 1. The predicted molar refractivity (Wildman–Crippen MR) is 99.8 cm³/mol. The van der Waals surface area contributed by atoms with Crippen molar-refractivity contribution in [2.24, 2.45) is 10.2 Å². The molecule has 0 atom stereocenters. The normalized spacial score (nSPS) is 11.6. The van der Waals surface area contributed by atoms with Crippen LogP contribution in [0.5, 0.6) is 0 Å². The van der Waals surface area contributed by atoms with E-state index in [9.17, 15) is 18.5 Å². The highest BCUT2D eigenvalue weighted by molar-refractivity contribution is 7.89. The van der Waals surface area contributed by atoms with Gasteiger partial charge in [-0.25, -0.2) is 13.6 Å². The highest BCUT2D eigenvalue weighted by atomic mass is 32.2. The molecule has 0 radical (unpaired) electrons. The van der Waals surface area contributed by atoms with Crippen LogP contribution in [0.3, 0.4) is 0 Å². The molecule has 0 bridgehead atoms. The van der Waals surface area contributed by atoms with E-state index >= 15 is 0 Å². The van der Waals surface area contributed by atoms with Crippen LogP contribution in [0.2, 0.25) is 0 Å². The van der Waals surface area contributed by atoms with E-state index in [0.29, 0.717) is 22.8 Å². The Hall–Kier alpha value is -3.50. The predicted octanol–water partition coefficient (Wildman–Crippen LogP) is 2.95. The number of anilines is 1. The van der Waals surface area contributed by atoms with Crippen molar-refractivity contribution in [3.63, 3.8) is 0 Å². The van der Waals surface area contributed by atoms with Crippen molar-refractivity contribution >= 4 is 27.6 Å². The molecule has 0 aliphatic carbocycles. The molecule has 2 aromatic carbocycles. The summed E-state index contributed by atoms with van der Waals surface area (Å²) in [6.07, 6.45) is 1.45. The Kier molecular flexibility index (Phi) is 5.01. The van der Waals surface area contributed by atoms with Crippen LogP contribution in [0, 0.1) is 10.1 Å². The van der Waals surface area contributed by atoms with Gasteiger partial charge in [-0.3, -0.25) is 15.5 Å². The van der Waals surface area contributed by atoms with Gasteiger partial charge in [-0.2, -0.15) is 5.10 Å². The molecule has 27 heavy (non-hydrogen) atoms. The third kappa shape index (κ3) is 4.57. The molecule has 0 amide bonds. The largest absolute Gasteiger partial charge is 0.455 e. The van der Waals surface area contributed by atoms with Crippen LogP contribution in [-0.4, -0.2) is 19.6 Å². The van der Waals surface area contributed by atoms with Crippen molar-refractivity contribution in [3.05, 3.63) is 76.5 Å². The fourth-order valence-electron chi connectivity index (χ4n) is 2.21. The van der Waals surface area contributed by atoms with E-state index < -0.39 is 14.9 Å². The Morgan fingerprint density at radius 1 is 1.04 bits per heavy atom. The van der Waals surface area contributed by atoms with Gasteiger partial charge in [-0.15, -0.1) is 0 Å². The van der Waals surface area contributed by atoms with Gasteiger partial charge < -0.3 is 4.42 Å². The number of hydrazone groups is 1. The first-order chi connectivity index (χ1) is 12.8. The lowest BCUT2D eigenvalue weighted by atomic mass is 10.2. The molecule has 0 spiro atoms. The molecule has 3 rings (SSSR count). The second kappa shape index (κ2) is 7.40. The maximum atomic E-state index is 11.3. The summed E-state index contributed by atoms with van der Waals surface area (Å²) in [7, 11) is -3.74. The number of non-ortho nitro benzene ring substituents is 1. The van der Waals surface area contributed by atoms with Gasteiger partial charge in [0.2, 0.25) is 10.0 Å². The maximum absolute atomic E-state index is 11.3. The van der Waals surface area contributed by atoms with Crippen molar-refractivity contribution in [1.29, 1.82) is 0 Å². The zero-order chi connectivity index (χ0) is 19.4. The molecule has 0 saturated carbocycles. The molecule has 1 heterocycles. The number of nitrogens with two attached hydrogens (primary N) is 1. The third-order valence-corrected chi connectivity index (χ3v) is 4.49. The molecule has 138 valence electrons. The lowest BCUT2D eigenvalue weighted by molar-refractivity contribution is -0.384. The SMILES string of the molecule is NS(=O)(=O)c1ccc(-c2ccc(/C=N\Nc3ccc([N+](=O)[O-])cc3)o2)cc1. The minimum atomic E-state index is -3.74. The van der Waals surface area contributed by atoms with E-state index in [-0.39, 0.29) is 10.6 Å². The van der Waals surface area contributed by atoms with E-state index in [1.807, 2.05) is 0 Å². The van der Waals surface area contributed by atoms with Crippen molar-refractivity contribution in [1.82, 2.24) is 0 Å². The van der Waals surface area contributed by atoms with Gasteiger partial charge in [-0.05, 0) is 48.5 Å². The number of rotatable bonds is 6. The zero-order valence-corrected chi connectivity index (χ0v) is 14.6. The van der Waals surface area contributed by atoms with Crippen LogP contribution in [-0.2, 0) is 10.0 Å². The lowest BCUT2D eigenvalue weighted by Crippen LogP contribution is -2.11. The molecule has 9 nitrogen and oxygen atoms in total. The van der Waals surface area contributed by atoms with Gasteiger partial charge >= 0.3 is 0 Å². The number of primary sulfonamides is 1. The minimum absolute atomic E-state index is 0.00587. The summed E-state index contributed by atoms with van der Waals surface area (Å²) in [4.78, 5) is 10.1. The van der Waals surface area contributed by atoms with Crippen molar-refractivity contribution in [3.8, 4) is 11.3 Å². The maximum Gasteiger partial charge on any atom is 0.269 e. The summed E-state index contributed by atoms with van der Waals surface area (Å²) >= 11 is 0. The summed E-state index contributed by atoms with van der Waals surface area (Å²) in [6.45, 7) is 0. The molecule has 0 aliphatic heterocycles. The van der Waals surface area contributed by atoms with Crippen LogP contribution >= 0.6 is 0 Å². The highest BCUT2D eigenvalue weighted by Gasteiger charge is 2.09. The molecule has 0 aliphatic rings. The van der Waals surface area contributed by atoms with Crippen LogP contribution in [0.1, 0.15) is 5.76 Å². The van der Waals surface area contributed by atoms with Gasteiger partial charge in [0.25, 0.3) is 5.69 Å². The van der Waals surface area contributed by atoms with Crippen molar-refractivity contribution in [2.75, 3.05) is 5.43 Å². The average Bonchev–Trinajstić information content (AvgIpc) is 3.10. The fourth-order valence-corrected chi connectivity index (χ4v) is 2.73. The van der Waals surface area contributed by atoms with Crippen molar-refractivity contribution in [2.45, 2.75) is 4.90 Å². The quantitative estimate of drug-likeness (QED) is 0.379. The number of benzene rings is 2. The molecular formula is C17H14N4O5S. The number of furan rings is 1. The topological polar surface area (TPSA) is 141 Å². The molecule has 0 saturated heterocycles. The van der Waals surface area contributed by atoms with Gasteiger partial charge in [-0.1, -0.05) is 0 Å². The molecule has 0 unspecified atom stereocenters. The first-order valence-corrected chi connectivity index (χ1v) is 9.14. The Labute approximate surface area is 154 Å². The summed E-state index contributed by atoms with van der Waals surface area (Å²) in [6, 6.07) is 15.2. The number of sulfonamides is 1. The Bertz CT molecular complexity index is 1090. The van der Waals surface area contributed by atoms with E-state index in [2.05, 4.69) is 10.5 Å². The van der Waals surface area contributed by atoms with Crippen molar-refractivity contribution < 1.29 is 17.8 Å². The molecular weight excluding hydrogens is 372 g/mol. The number of nitro benzene ring substituents is 1. The molecule has 3 N–H and O–H groups in total. The third-order valence-electron chi connectivity index (χ3n) is 3.56. The summed E-state index contributed by atoms with van der Waals surface area (Å²) in [5.41, 5.74) is 4.00. The average molecular weight is 386 g/mol. The standard InChI is InChI=1S/C17H14N4O5S/c18-27(24,25)16-8-1-12(2-9-16)17-10-7-15(26-17)11-19-20-13-3-5-14(6-4-13)21(22)23/h1-11,20H,(H2,18,24,25)/b19-11-. The summed E-state index contributed by atoms with van der Waals surface area (Å²) in [5, 5.41) is 19.7. The fraction of sp³-hybridized carbons (Fsp3) is 0. The van der Waals surface area contributed by atoms with Crippen LogP contribution in [0.15, 0.2) is 75.1 Å². The Morgan fingerprint density at radius 3 is 2.30 bits per heavy atom. The summed E-state index contributed by atoms with van der Waals surface area (Å²) < 4.78 is 28.2. The first kappa shape index (κ1) is 18.3. The number of nitrogens with zero attached hydrogens (tertiary/aromatic N) is 2. The van der Waals surface area contributed by atoms with E-state index in [4.69, 9.17) is 9.56 Å².